The molecule has 0 radical (unpaired) electrons. The van der Waals surface area contributed by atoms with Crippen LogP contribution in [0.2, 0.25) is 5.02 Å². The third-order valence-corrected chi connectivity index (χ3v) is 5.99. The number of nitrogens with one attached hydrogen (secondary N) is 1. The number of benzene rings is 1. The second-order valence-corrected chi connectivity index (χ2v) is 7.96. The summed E-state index contributed by atoms with van der Waals surface area (Å²) in [6.45, 7) is 5.18. The molecule has 3 nitrogen and oxygen atoms in total. The molecule has 0 amide bonds. The first-order valence-corrected chi connectivity index (χ1v) is 9.52. The van der Waals surface area contributed by atoms with Gasteiger partial charge in [-0.15, -0.1) is 11.3 Å². The largest absolute Gasteiger partial charge is 0.370 e. The van der Waals surface area contributed by atoms with Crippen molar-refractivity contribution in [2.75, 3.05) is 11.9 Å². The predicted octanol–water partition coefficient (Wildman–Crippen LogP) is 5.62. The van der Waals surface area contributed by atoms with Crippen LogP contribution >= 0.6 is 22.9 Å². The van der Waals surface area contributed by atoms with E-state index < -0.39 is 0 Å². The van der Waals surface area contributed by atoms with Gasteiger partial charge in [0.2, 0.25) is 0 Å². The van der Waals surface area contributed by atoms with Crippen molar-refractivity contribution in [3.05, 3.63) is 51.4 Å². The highest BCUT2D eigenvalue weighted by Gasteiger charge is 2.23. The summed E-state index contributed by atoms with van der Waals surface area (Å²) in [5, 5.41) is 9.37. The van der Waals surface area contributed by atoms with Crippen LogP contribution in [0.15, 0.2) is 30.3 Å². The van der Waals surface area contributed by atoms with Gasteiger partial charge in [0.1, 0.15) is 11.5 Å². The summed E-state index contributed by atoms with van der Waals surface area (Å²) >= 11 is 8.15. The highest BCUT2D eigenvalue weighted by atomic mass is 35.5. The fraction of sp³-hybridized carbons (Fsp3) is 0.316. The maximum atomic E-state index is 6.35. The molecule has 0 aliphatic carbocycles. The summed E-state index contributed by atoms with van der Waals surface area (Å²) in [5.74, 6) is 1.12. The Kier molecular flexibility index (Phi) is 4.10. The van der Waals surface area contributed by atoms with Crippen LogP contribution in [0.3, 0.4) is 0 Å². The molecular weight excluding hydrogens is 338 g/mol. The van der Waals surface area contributed by atoms with Crippen LogP contribution in [-0.2, 0) is 6.42 Å². The Morgan fingerprint density at radius 1 is 1.17 bits per heavy atom. The number of anilines is 1. The van der Waals surface area contributed by atoms with E-state index in [9.17, 15) is 0 Å². The van der Waals surface area contributed by atoms with Gasteiger partial charge in [0.15, 0.2) is 0 Å². The molecule has 3 aromatic rings. The molecule has 0 saturated heterocycles. The van der Waals surface area contributed by atoms with Crippen molar-refractivity contribution in [3.8, 4) is 16.3 Å². The van der Waals surface area contributed by atoms with Gasteiger partial charge in [0.05, 0.1) is 10.6 Å². The fourth-order valence-electron chi connectivity index (χ4n) is 3.26. The SMILES string of the molecule is Cc1ccc(-c2nn(-c3cccc(Cl)c3C)c3c2CCCCN3)s1. The number of aromatic nitrogens is 2. The molecule has 0 unspecified atom stereocenters. The quantitative estimate of drug-likeness (QED) is 0.645. The summed E-state index contributed by atoms with van der Waals surface area (Å²) in [4.78, 5) is 2.56. The lowest BCUT2D eigenvalue weighted by molar-refractivity contribution is 0.780. The standard InChI is InChI=1S/C19H20ClN3S/c1-12-9-10-17(24-12)18-14-6-3-4-11-21-19(14)23(22-18)16-8-5-7-15(20)13(16)2/h5,7-10,21H,3-4,6,11H2,1-2H3. The molecular formula is C19H20ClN3S. The zero-order chi connectivity index (χ0) is 16.7. The average Bonchev–Trinajstić information content (AvgIpc) is 3.06. The van der Waals surface area contributed by atoms with Crippen molar-refractivity contribution < 1.29 is 0 Å². The maximum absolute atomic E-state index is 6.35. The minimum Gasteiger partial charge on any atom is -0.370 e. The van der Waals surface area contributed by atoms with E-state index in [0.717, 1.165) is 40.8 Å². The Balaban J connectivity index is 1.94. The number of hydrogen-bond acceptors (Lipinski definition) is 3. The second kappa shape index (κ2) is 6.26. The summed E-state index contributed by atoms with van der Waals surface area (Å²) in [5.41, 5.74) is 4.54. The van der Waals surface area contributed by atoms with E-state index in [1.54, 1.807) is 11.3 Å². The number of rotatable bonds is 2. The van der Waals surface area contributed by atoms with Crippen molar-refractivity contribution in [1.82, 2.24) is 9.78 Å². The Bertz CT molecular complexity index is 894. The molecule has 0 atom stereocenters. The maximum Gasteiger partial charge on any atom is 0.133 e. The summed E-state index contributed by atoms with van der Waals surface area (Å²) in [7, 11) is 0. The molecule has 5 heteroatoms. The third-order valence-electron chi connectivity index (χ3n) is 4.57. The molecule has 0 spiro atoms. The Labute approximate surface area is 151 Å². The average molecular weight is 358 g/mol. The second-order valence-electron chi connectivity index (χ2n) is 6.27. The van der Waals surface area contributed by atoms with Crippen molar-refractivity contribution in [2.24, 2.45) is 0 Å². The van der Waals surface area contributed by atoms with Gasteiger partial charge in [-0.3, -0.25) is 0 Å². The van der Waals surface area contributed by atoms with Crippen LogP contribution in [0.1, 0.15) is 28.8 Å². The lowest BCUT2D eigenvalue weighted by Crippen LogP contribution is -2.08. The molecule has 1 N–H and O–H groups in total. The Morgan fingerprint density at radius 2 is 2.04 bits per heavy atom. The number of hydrogen-bond donors (Lipinski definition) is 1. The number of aryl methyl sites for hydroxylation is 1. The van der Waals surface area contributed by atoms with E-state index in [4.69, 9.17) is 16.7 Å². The smallest absolute Gasteiger partial charge is 0.133 e. The number of thiophene rings is 1. The minimum atomic E-state index is 0.777. The van der Waals surface area contributed by atoms with Crippen LogP contribution in [0.4, 0.5) is 5.82 Å². The molecule has 24 heavy (non-hydrogen) atoms. The van der Waals surface area contributed by atoms with Gasteiger partial charge in [0, 0.05) is 22.0 Å². The first-order valence-electron chi connectivity index (χ1n) is 8.33. The van der Waals surface area contributed by atoms with E-state index in [1.807, 2.05) is 16.8 Å². The zero-order valence-electron chi connectivity index (χ0n) is 13.9. The molecule has 0 bridgehead atoms. The lowest BCUT2D eigenvalue weighted by atomic mass is 10.1. The van der Waals surface area contributed by atoms with Gasteiger partial charge in [-0.25, -0.2) is 4.68 Å². The van der Waals surface area contributed by atoms with Gasteiger partial charge >= 0.3 is 0 Å². The van der Waals surface area contributed by atoms with Crippen LogP contribution in [0.25, 0.3) is 16.3 Å². The number of fused-ring (bicyclic) bond motifs is 1. The minimum absolute atomic E-state index is 0.777. The zero-order valence-corrected chi connectivity index (χ0v) is 15.5. The Morgan fingerprint density at radius 3 is 2.83 bits per heavy atom. The monoisotopic (exact) mass is 357 g/mol. The summed E-state index contributed by atoms with van der Waals surface area (Å²) in [6, 6.07) is 10.4. The molecule has 124 valence electrons. The Hall–Kier alpha value is -1.78. The third kappa shape index (κ3) is 2.64. The molecule has 3 heterocycles. The van der Waals surface area contributed by atoms with Crippen LogP contribution in [-0.4, -0.2) is 16.3 Å². The molecule has 1 aliphatic rings. The van der Waals surface area contributed by atoms with Crippen molar-refractivity contribution in [3.63, 3.8) is 0 Å². The highest BCUT2D eigenvalue weighted by molar-refractivity contribution is 7.15. The summed E-state index contributed by atoms with van der Waals surface area (Å²) in [6.07, 6.45) is 3.44. The van der Waals surface area contributed by atoms with Crippen molar-refractivity contribution in [1.29, 1.82) is 0 Å². The van der Waals surface area contributed by atoms with Gasteiger partial charge < -0.3 is 5.32 Å². The van der Waals surface area contributed by atoms with Gasteiger partial charge in [0.25, 0.3) is 0 Å². The first-order chi connectivity index (χ1) is 11.6. The molecule has 1 aliphatic heterocycles. The lowest BCUT2D eigenvalue weighted by Gasteiger charge is -2.12. The highest BCUT2D eigenvalue weighted by Crippen LogP contribution is 2.37. The van der Waals surface area contributed by atoms with Crippen LogP contribution in [0.5, 0.6) is 0 Å². The van der Waals surface area contributed by atoms with Crippen molar-refractivity contribution in [2.45, 2.75) is 33.1 Å². The predicted molar refractivity (Wildman–Crippen MR) is 103 cm³/mol. The summed E-state index contributed by atoms with van der Waals surface area (Å²) < 4.78 is 2.05. The molecule has 1 aromatic carbocycles. The molecule has 2 aromatic heterocycles. The topological polar surface area (TPSA) is 29.9 Å². The van der Waals surface area contributed by atoms with Gasteiger partial charge in [-0.05, 0) is 62.9 Å². The van der Waals surface area contributed by atoms with E-state index in [0.29, 0.717) is 0 Å². The van der Waals surface area contributed by atoms with Crippen molar-refractivity contribution >= 4 is 28.8 Å². The van der Waals surface area contributed by atoms with Crippen LogP contribution in [0, 0.1) is 13.8 Å². The van der Waals surface area contributed by atoms with Crippen LogP contribution < -0.4 is 5.32 Å². The van der Waals surface area contributed by atoms with Gasteiger partial charge in [-0.2, -0.15) is 5.10 Å². The normalized spacial score (nSPS) is 14.1. The molecule has 4 rings (SSSR count). The van der Waals surface area contributed by atoms with E-state index >= 15 is 0 Å². The van der Waals surface area contributed by atoms with Gasteiger partial charge in [-0.1, -0.05) is 17.7 Å². The van der Waals surface area contributed by atoms with E-state index in [-0.39, 0.29) is 0 Å². The number of nitrogens with zero attached hydrogens (tertiary/aromatic N) is 2. The first kappa shape index (κ1) is 15.7. The fourth-order valence-corrected chi connectivity index (χ4v) is 4.31. The molecule has 0 fully saturated rings. The molecule has 0 saturated carbocycles. The number of halogens is 1. The van der Waals surface area contributed by atoms with E-state index in [1.165, 1.54) is 28.2 Å². The van der Waals surface area contributed by atoms with E-state index in [2.05, 4.69) is 37.4 Å².